The molecule has 0 radical (unpaired) electrons. The van der Waals surface area contributed by atoms with Gasteiger partial charge in [0, 0.05) is 5.75 Å². The zero-order valence-corrected chi connectivity index (χ0v) is 8.11. The van der Waals surface area contributed by atoms with E-state index in [-0.39, 0.29) is 0 Å². The Balaban J connectivity index is 3.11. The van der Waals surface area contributed by atoms with E-state index < -0.39 is 11.6 Å². The van der Waals surface area contributed by atoms with Crippen LogP contribution in [0.25, 0.3) is 6.08 Å². The van der Waals surface area contributed by atoms with Gasteiger partial charge in [-0.2, -0.15) is 12.6 Å². The molecular weight excluding hydrogens is 190 g/mol. The average Bonchev–Trinajstić information content (AvgIpc) is 2.13. The first-order valence-corrected chi connectivity index (χ1v) is 4.52. The molecule has 0 aliphatic rings. The van der Waals surface area contributed by atoms with Crippen molar-refractivity contribution in [3.63, 3.8) is 0 Å². The van der Waals surface area contributed by atoms with E-state index in [0.717, 1.165) is 6.07 Å². The maximum absolute atomic E-state index is 13.0. The standard InChI is InChI=1S/C10H10F2S/c1-7-8(3-2-6-13)4-5-9(11)10(7)12/h2-5,13H,6H2,1H3. The Labute approximate surface area is 81.7 Å². The lowest BCUT2D eigenvalue weighted by Crippen LogP contribution is -1.91. The third kappa shape index (κ3) is 2.31. The fraction of sp³-hybridized carbons (Fsp3) is 0.200. The molecule has 0 nitrogen and oxygen atoms in total. The number of benzene rings is 1. The second-order valence-electron chi connectivity index (χ2n) is 2.66. The lowest BCUT2D eigenvalue weighted by atomic mass is 10.1. The van der Waals surface area contributed by atoms with Gasteiger partial charge in [0.1, 0.15) is 0 Å². The van der Waals surface area contributed by atoms with Crippen LogP contribution in [0, 0.1) is 18.6 Å². The van der Waals surface area contributed by atoms with Crippen molar-refractivity contribution in [1.29, 1.82) is 0 Å². The van der Waals surface area contributed by atoms with Gasteiger partial charge >= 0.3 is 0 Å². The van der Waals surface area contributed by atoms with Gasteiger partial charge in [0.05, 0.1) is 0 Å². The molecule has 1 rings (SSSR count). The van der Waals surface area contributed by atoms with Crippen LogP contribution in [0.2, 0.25) is 0 Å². The Kier molecular flexibility index (Phi) is 3.48. The lowest BCUT2D eigenvalue weighted by Gasteiger charge is -2.01. The number of rotatable bonds is 2. The van der Waals surface area contributed by atoms with Gasteiger partial charge in [-0.05, 0) is 24.1 Å². The van der Waals surface area contributed by atoms with E-state index in [0.29, 0.717) is 16.9 Å². The molecule has 0 atom stereocenters. The minimum atomic E-state index is -0.805. The number of hydrogen-bond donors (Lipinski definition) is 1. The fourth-order valence-corrected chi connectivity index (χ4v) is 1.13. The number of thiol groups is 1. The minimum absolute atomic E-state index is 0.332. The number of halogens is 2. The summed E-state index contributed by atoms with van der Waals surface area (Å²) in [6.07, 6.45) is 3.51. The highest BCUT2D eigenvalue weighted by atomic mass is 32.1. The van der Waals surface area contributed by atoms with Crippen LogP contribution < -0.4 is 0 Å². The van der Waals surface area contributed by atoms with Crippen molar-refractivity contribution >= 4 is 18.7 Å². The maximum Gasteiger partial charge on any atom is 0.162 e. The van der Waals surface area contributed by atoms with Gasteiger partial charge < -0.3 is 0 Å². The molecule has 0 saturated heterocycles. The zero-order chi connectivity index (χ0) is 9.84. The van der Waals surface area contributed by atoms with Crippen molar-refractivity contribution in [3.05, 3.63) is 41.0 Å². The highest BCUT2D eigenvalue weighted by Crippen LogP contribution is 2.16. The predicted molar refractivity (Wildman–Crippen MR) is 54.0 cm³/mol. The van der Waals surface area contributed by atoms with E-state index >= 15 is 0 Å². The summed E-state index contributed by atoms with van der Waals surface area (Å²) in [5.74, 6) is -1.000. The Morgan fingerprint density at radius 3 is 2.69 bits per heavy atom. The summed E-state index contributed by atoms with van der Waals surface area (Å²) in [5.41, 5.74) is 1.02. The van der Waals surface area contributed by atoms with Gasteiger partial charge in [-0.1, -0.05) is 18.2 Å². The summed E-state index contributed by atoms with van der Waals surface area (Å²) in [6, 6.07) is 2.67. The summed E-state index contributed by atoms with van der Waals surface area (Å²) in [7, 11) is 0. The van der Waals surface area contributed by atoms with E-state index in [9.17, 15) is 8.78 Å². The molecule has 0 spiro atoms. The molecule has 1 aromatic rings. The first kappa shape index (κ1) is 10.3. The average molecular weight is 200 g/mol. The molecule has 0 aliphatic carbocycles. The van der Waals surface area contributed by atoms with Crippen LogP contribution in [0.15, 0.2) is 18.2 Å². The smallest absolute Gasteiger partial charge is 0.162 e. The third-order valence-corrected chi connectivity index (χ3v) is 1.99. The van der Waals surface area contributed by atoms with Crippen LogP contribution in [-0.2, 0) is 0 Å². The molecule has 13 heavy (non-hydrogen) atoms. The van der Waals surface area contributed by atoms with Crippen molar-refractivity contribution in [2.24, 2.45) is 0 Å². The minimum Gasteiger partial charge on any atom is -0.204 e. The monoisotopic (exact) mass is 200 g/mol. The molecule has 0 heterocycles. The van der Waals surface area contributed by atoms with Crippen LogP contribution in [0.4, 0.5) is 8.78 Å². The summed E-state index contributed by atoms with van der Waals surface area (Å²) < 4.78 is 25.7. The first-order chi connectivity index (χ1) is 6.16. The van der Waals surface area contributed by atoms with Crippen LogP contribution in [0.1, 0.15) is 11.1 Å². The van der Waals surface area contributed by atoms with Crippen LogP contribution >= 0.6 is 12.6 Å². The topological polar surface area (TPSA) is 0 Å². The number of hydrogen-bond acceptors (Lipinski definition) is 1. The predicted octanol–water partition coefficient (Wildman–Crippen LogP) is 3.22. The lowest BCUT2D eigenvalue weighted by molar-refractivity contribution is 0.503. The van der Waals surface area contributed by atoms with Crippen molar-refractivity contribution < 1.29 is 8.78 Å². The maximum atomic E-state index is 13.0. The van der Waals surface area contributed by atoms with E-state index in [1.165, 1.54) is 0 Å². The molecule has 0 amide bonds. The van der Waals surface area contributed by atoms with Gasteiger partial charge in [-0.3, -0.25) is 0 Å². The summed E-state index contributed by atoms with van der Waals surface area (Å²) in [4.78, 5) is 0. The Bertz CT molecular complexity index is 332. The van der Waals surface area contributed by atoms with E-state index in [2.05, 4.69) is 12.6 Å². The summed E-state index contributed by atoms with van der Waals surface area (Å²) in [5, 5.41) is 0. The van der Waals surface area contributed by atoms with Gasteiger partial charge in [0.25, 0.3) is 0 Å². The second-order valence-corrected chi connectivity index (χ2v) is 3.03. The summed E-state index contributed by atoms with van der Waals surface area (Å²) in [6.45, 7) is 1.55. The molecule has 0 unspecified atom stereocenters. The molecule has 0 fully saturated rings. The molecule has 1 aromatic carbocycles. The Morgan fingerprint density at radius 1 is 1.38 bits per heavy atom. The highest BCUT2D eigenvalue weighted by Gasteiger charge is 2.06. The van der Waals surface area contributed by atoms with Gasteiger partial charge in [-0.25, -0.2) is 8.78 Å². The Hall–Kier alpha value is -0.830. The second kappa shape index (κ2) is 4.42. The van der Waals surface area contributed by atoms with E-state index in [4.69, 9.17) is 0 Å². The fourth-order valence-electron chi connectivity index (χ4n) is 1.03. The third-order valence-electron chi connectivity index (χ3n) is 1.78. The molecule has 0 saturated carbocycles. The Morgan fingerprint density at radius 2 is 2.08 bits per heavy atom. The van der Waals surface area contributed by atoms with Crippen molar-refractivity contribution in [1.82, 2.24) is 0 Å². The molecule has 70 valence electrons. The SMILES string of the molecule is Cc1c(C=CCS)ccc(F)c1F. The van der Waals surface area contributed by atoms with Crippen LogP contribution in [0.3, 0.4) is 0 Å². The van der Waals surface area contributed by atoms with Gasteiger partial charge in [0.2, 0.25) is 0 Å². The van der Waals surface area contributed by atoms with E-state index in [1.807, 2.05) is 0 Å². The largest absolute Gasteiger partial charge is 0.204 e. The first-order valence-electron chi connectivity index (χ1n) is 3.89. The quantitative estimate of drug-likeness (QED) is 0.696. The van der Waals surface area contributed by atoms with Crippen molar-refractivity contribution in [2.45, 2.75) is 6.92 Å². The summed E-state index contributed by atoms with van der Waals surface area (Å²) >= 11 is 3.98. The van der Waals surface area contributed by atoms with Gasteiger partial charge in [0.15, 0.2) is 11.6 Å². The molecule has 0 aromatic heterocycles. The molecule has 3 heteroatoms. The van der Waals surface area contributed by atoms with Crippen LogP contribution in [0.5, 0.6) is 0 Å². The van der Waals surface area contributed by atoms with Crippen molar-refractivity contribution in [3.8, 4) is 0 Å². The normalized spacial score (nSPS) is 11.1. The zero-order valence-electron chi connectivity index (χ0n) is 7.22. The van der Waals surface area contributed by atoms with Gasteiger partial charge in [-0.15, -0.1) is 0 Å². The van der Waals surface area contributed by atoms with Crippen LogP contribution in [-0.4, -0.2) is 5.75 Å². The molecule has 0 N–H and O–H groups in total. The van der Waals surface area contributed by atoms with Crippen molar-refractivity contribution in [2.75, 3.05) is 5.75 Å². The van der Waals surface area contributed by atoms with E-state index in [1.54, 1.807) is 25.1 Å². The molecular formula is C10H10F2S. The molecule has 0 aliphatic heterocycles. The molecule has 0 bridgehead atoms. The highest BCUT2D eigenvalue weighted by molar-refractivity contribution is 7.80.